The largest absolute Gasteiger partial charge is 0.489 e. The Morgan fingerprint density at radius 1 is 1.00 bits per heavy atom. The highest BCUT2D eigenvalue weighted by Gasteiger charge is 2.34. The molecule has 1 heterocycles. The molecule has 2 N–H and O–H groups in total. The molecule has 35 heavy (non-hydrogen) atoms. The molecule has 0 atom stereocenters. The number of thiocarbonyl (C=S) groups is 1. The summed E-state index contributed by atoms with van der Waals surface area (Å²) in [7, 11) is 0. The van der Waals surface area contributed by atoms with E-state index in [0.29, 0.717) is 22.3 Å². The second kappa shape index (κ2) is 10.3. The predicted molar refractivity (Wildman–Crippen MR) is 138 cm³/mol. The summed E-state index contributed by atoms with van der Waals surface area (Å²) in [5.74, 6) is -2.47. The zero-order chi connectivity index (χ0) is 25.1. The van der Waals surface area contributed by atoms with Crippen molar-refractivity contribution in [1.82, 2.24) is 0 Å². The van der Waals surface area contributed by atoms with Crippen LogP contribution in [0.25, 0.3) is 6.08 Å². The first kappa shape index (κ1) is 24.5. The number of anilines is 1. The number of carbonyl (C=O) groups is 3. The molecule has 3 aromatic rings. The van der Waals surface area contributed by atoms with Crippen LogP contribution < -0.4 is 9.64 Å². The number of hydrogen-bond donors (Lipinski definition) is 2. The maximum absolute atomic E-state index is 13.1. The van der Waals surface area contributed by atoms with Gasteiger partial charge in [-0.25, -0.2) is 9.59 Å². The molecular formula is C25H16ClNO6S2. The van der Waals surface area contributed by atoms with Gasteiger partial charge < -0.3 is 14.9 Å². The van der Waals surface area contributed by atoms with Crippen molar-refractivity contribution in [1.29, 1.82) is 0 Å². The Balaban J connectivity index is 1.53. The lowest BCUT2D eigenvalue weighted by molar-refractivity contribution is -0.113. The van der Waals surface area contributed by atoms with Crippen molar-refractivity contribution in [3.05, 3.63) is 98.9 Å². The van der Waals surface area contributed by atoms with Gasteiger partial charge in [0.05, 0.1) is 21.7 Å². The lowest BCUT2D eigenvalue weighted by Crippen LogP contribution is -2.28. The minimum Gasteiger partial charge on any atom is -0.489 e. The summed E-state index contributed by atoms with van der Waals surface area (Å²) in [4.78, 5) is 37.3. The zero-order valence-electron chi connectivity index (χ0n) is 17.8. The number of ether oxygens (including phenoxy) is 1. The highest BCUT2D eigenvalue weighted by atomic mass is 35.5. The SMILES string of the molecule is O=C(O)c1cc(C(=O)O)cc(N2C(=O)/C(=C/c3ccc(OCc4ccccc4Cl)cc3)SC2=S)c1. The van der Waals surface area contributed by atoms with Crippen LogP contribution in [0.15, 0.2) is 71.6 Å². The molecular weight excluding hydrogens is 510 g/mol. The van der Waals surface area contributed by atoms with Crippen molar-refractivity contribution in [2.24, 2.45) is 0 Å². The summed E-state index contributed by atoms with van der Waals surface area (Å²) >= 11 is 12.5. The van der Waals surface area contributed by atoms with Crippen molar-refractivity contribution < 1.29 is 29.3 Å². The van der Waals surface area contributed by atoms with E-state index >= 15 is 0 Å². The fraction of sp³-hybridized carbons (Fsp3) is 0.0400. The average molecular weight is 526 g/mol. The quantitative estimate of drug-likeness (QED) is 0.298. The van der Waals surface area contributed by atoms with E-state index in [-0.39, 0.29) is 21.1 Å². The molecule has 10 heteroatoms. The van der Waals surface area contributed by atoms with E-state index < -0.39 is 17.8 Å². The fourth-order valence-electron chi connectivity index (χ4n) is 3.27. The number of aromatic carboxylic acids is 2. The van der Waals surface area contributed by atoms with Crippen LogP contribution in [0.2, 0.25) is 5.02 Å². The number of thioether (sulfide) groups is 1. The fourth-order valence-corrected chi connectivity index (χ4v) is 4.76. The summed E-state index contributed by atoms with van der Waals surface area (Å²) in [5.41, 5.74) is 1.15. The number of halogens is 1. The molecule has 0 saturated carbocycles. The van der Waals surface area contributed by atoms with E-state index in [1.807, 2.05) is 18.2 Å². The second-order valence-electron chi connectivity index (χ2n) is 7.35. The third-order valence-electron chi connectivity index (χ3n) is 4.99. The number of amides is 1. The van der Waals surface area contributed by atoms with E-state index in [2.05, 4.69) is 0 Å². The topological polar surface area (TPSA) is 104 Å². The lowest BCUT2D eigenvalue weighted by atomic mass is 10.1. The Morgan fingerprint density at radius 3 is 2.23 bits per heavy atom. The van der Waals surface area contributed by atoms with Crippen LogP contribution in [-0.4, -0.2) is 32.4 Å². The normalized spacial score (nSPS) is 14.4. The monoisotopic (exact) mass is 525 g/mol. The second-order valence-corrected chi connectivity index (χ2v) is 9.43. The van der Waals surface area contributed by atoms with Crippen molar-refractivity contribution in [2.45, 2.75) is 6.61 Å². The van der Waals surface area contributed by atoms with E-state index in [9.17, 15) is 24.6 Å². The van der Waals surface area contributed by atoms with Gasteiger partial charge in [-0.3, -0.25) is 9.69 Å². The molecule has 1 amide bonds. The van der Waals surface area contributed by atoms with Gasteiger partial charge in [-0.15, -0.1) is 0 Å². The molecule has 3 aromatic carbocycles. The Labute approximate surface area is 214 Å². The molecule has 1 saturated heterocycles. The minimum atomic E-state index is -1.31. The van der Waals surface area contributed by atoms with Gasteiger partial charge in [0.15, 0.2) is 4.32 Å². The molecule has 0 radical (unpaired) electrons. The van der Waals surface area contributed by atoms with Gasteiger partial charge in [0.2, 0.25) is 0 Å². The minimum absolute atomic E-state index is 0.0801. The van der Waals surface area contributed by atoms with E-state index in [1.165, 1.54) is 12.1 Å². The Hall–Kier alpha value is -3.66. The summed E-state index contributed by atoms with van der Waals surface area (Å²) in [6.45, 7) is 0.311. The van der Waals surface area contributed by atoms with Gasteiger partial charge in [0, 0.05) is 10.6 Å². The van der Waals surface area contributed by atoms with Gasteiger partial charge in [-0.2, -0.15) is 0 Å². The molecule has 0 aliphatic carbocycles. The van der Waals surface area contributed by atoms with Gasteiger partial charge in [-0.1, -0.05) is 65.9 Å². The molecule has 0 spiro atoms. The van der Waals surface area contributed by atoms with E-state index in [0.717, 1.165) is 33.9 Å². The number of carboxylic acids is 2. The molecule has 1 fully saturated rings. The first-order valence-corrected chi connectivity index (χ1v) is 11.7. The molecule has 176 valence electrons. The van der Waals surface area contributed by atoms with Crippen LogP contribution >= 0.6 is 35.6 Å². The number of benzene rings is 3. The first-order valence-electron chi connectivity index (χ1n) is 10.1. The first-order chi connectivity index (χ1) is 16.7. The highest BCUT2D eigenvalue weighted by molar-refractivity contribution is 8.27. The van der Waals surface area contributed by atoms with Gasteiger partial charge >= 0.3 is 11.9 Å². The predicted octanol–water partition coefficient (Wildman–Crippen LogP) is 5.72. The maximum Gasteiger partial charge on any atom is 0.335 e. The summed E-state index contributed by atoms with van der Waals surface area (Å²) in [6, 6.07) is 17.9. The van der Waals surface area contributed by atoms with Crippen LogP contribution in [0.3, 0.4) is 0 Å². The van der Waals surface area contributed by atoms with E-state index in [1.54, 1.807) is 36.4 Å². The molecule has 4 rings (SSSR count). The molecule has 0 bridgehead atoms. The van der Waals surface area contributed by atoms with Crippen molar-refractivity contribution in [3.8, 4) is 5.75 Å². The molecule has 1 aliphatic heterocycles. The van der Waals surface area contributed by atoms with Gasteiger partial charge in [0.1, 0.15) is 12.4 Å². The summed E-state index contributed by atoms with van der Waals surface area (Å²) < 4.78 is 5.94. The maximum atomic E-state index is 13.1. The summed E-state index contributed by atoms with van der Waals surface area (Å²) in [6.07, 6.45) is 1.65. The highest BCUT2D eigenvalue weighted by Crippen LogP contribution is 2.37. The number of nitrogens with zero attached hydrogens (tertiary/aromatic N) is 1. The molecule has 0 unspecified atom stereocenters. The number of carbonyl (C=O) groups excluding carboxylic acids is 1. The van der Waals surface area contributed by atoms with Crippen LogP contribution in [0.1, 0.15) is 31.8 Å². The van der Waals surface area contributed by atoms with Crippen molar-refractivity contribution in [3.63, 3.8) is 0 Å². The van der Waals surface area contributed by atoms with Crippen molar-refractivity contribution in [2.75, 3.05) is 4.90 Å². The zero-order valence-corrected chi connectivity index (χ0v) is 20.2. The Kier molecular flexibility index (Phi) is 7.20. The van der Waals surface area contributed by atoms with Crippen LogP contribution in [0.4, 0.5) is 5.69 Å². The third-order valence-corrected chi connectivity index (χ3v) is 6.66. The molecule has 0 aromatic heterocycles. The Morgan fingerprint density at radius 2 is 1.63 bits per heavy atom. The lowest BCUT2D eigenvalue weighted by Gasteiger charge is -2.16. The number of carboxylic acid groups (broad SMARTS) is 2. The third kappa shape index (κ3) is 5.54. The molecule has 1 aliphatic rings. The van der Waals surface area contributed by atoms with Gasteiger partial charge in [0.25, 0.3) is 5.91 Å². The van der Waals surface area contributed by atoms with E-state index in [4.69, 9.17) is 28.6 Å². The standard InChI is InChI=1S/C25H16ClNO6S2/c26-20-4-2-1-3-15(20)13-33-19-7-5-14(6-8-19)9-21-22(28)27(25(34)35-21)18-11-16(23(29)30)10-17(12-18)24(31)32/h1-12H,13H2,(H,29,30)(H,31,32)/b21-9-. The smallest absolute Gasteiger partial charge is 0.335 e. The summed E-state index contributed by atoms with van der Waals surface area (Å²) in [5, 5.41) is 19.2. The van der Waals surface area contributed by atoms with Crippen LogP contribution in [0, 0.1) is 0 Å². The van der Waals surface area contributed by atoms with Crippen LogP contribution in [-0.2, 0) is 11.4 Å². The number of hydrogen-bond acceptors (Lipinski definition) is 6. The van der Waals surface area contributed by atoms with Crippen molar-refractivity contribution >= 4 is 69.5 Å². The average Bonchev–Trinajstić information content (AvgIpc) is 3.11. The van der Waals surface area contributed by atoms with Gasteiger partial charge in [-0.05, 0) is 48.0 Å². The number of rotatable bonds is 7. The molecule has 7 nitrogen and oxygen atoms in total. The Bertz CT molecular complexity index is 1350. The van der Waals surface area contributed by atoms with Crippen LogP contribution in [0.5, 0.6) is 5.75 Å².